The van der Waals surface area contributed by atoms with E-state index in [0.29, 0.717) is 39.3 Å². The van der Waals surface area contributed by atoms with Crippen molar-refractivity contribution in [1.29, 1.82) is 0 Å². The lowest BCUT2D eigenvalue weighted by atomic mass is 10.4. The Morgan fingerprint density at radius 1 is 1.24 bits per heavy atom. The highest BCUT2D eigenvalue weighted by atomic mass is 32.2. The average Bonchev–Trinajstić information content (AvgIpc) is 2.83. The van der Waals surface area contributed by atoms with Gasteiger partial charge in [0.1, 0.15) is 0 Å². The lowest BCUT2D eigenvalue weighted by Crippen LogP contribution is -2.43. The maximum absolute atomic E-state index is 12.3. The molecule has 0 radical (unpaired) electrons. The Bertz CT molecular complexity index is 293. The summed E-state index contributed by atoms with van der Waals surface area (Å²) in [5, 5.41) is 2.77. The molecule has 0 bridgehead atoms. The Balaban J connectivity index is 2.64. The molecule has 7 heteroatoms. The number of rotatable bonds is 8. The van der Waals surface area contributed by atoms with Crippen LogP contribution in [-0.2, 0) is 19.5 Å². The van der Waals surface area contributed by atoms with Crippen molar-refractivity contribution in [2.75, 3.05) is 53.6 Å². The van der Waals surface area contributed by atoms with Gasteiger partial charge in [-0.15, -0.1) is 0 Å². The Hall–Kier alpha value is -0.210. The van der Waals surface area contributed by atoms with Gasteiger partial charge in [-0.05, 0) is 13.0 Å². The predicted octanol–water partition coefficient (Wildman–Crippen LogP) is -0.727. The van der Waals surface area contributed by atoms with Crippen LogP contribution in [0.1, 0.15) is 6.42 Å². The minimum atomic E-state index is -3.23. The van der Waals surface area contributed by atoms with E-state index in [4.69, 9.17) is 9.47 Å². The molecule has 0 aromatic rings. The Morgan fingerprint density at radius 3 is 2.24 bits per heavy atom. The van der Waals surface area contributed by atoms with Gasteiger partial charge in [-0.1, -0.05) is 0 Å². The summed E-state index contributed by atoms with van der Waals surface area (Å²) >= 11 is 0. The van der Waals surface area contributed by atoms with E-state index in [2.05, 4.69) is 5.32 Å². The lowest BCUT2D eigenvalue weighted by Gasteiger charge is -2.24. The summed E-state index contributed by atoms with van der Waals surface area (Å²) < 4.78 is 36.0. The fourth-order valence-corrected chi connectivity index (χ4v) is 3.67. The van der Waals surface area contributed by atoms with E-state index < -0.39 is 10.0 Å². The topological polar surface area (TPSA) is 67.9 Å². The number of hydrogen-bond acceptors (Lipinski definition) is 5. The maximum Gasteiger partial charge on any atom is 0.218 e. The van der Waals surface area contributed by atoms with Crippen molar-refractivity contribution in [3.05, 3.63) is 0 Å². The summed E-state index contributed by atoms with van der Waals surface area (Å²) in [4.78, 5) is 0. The summed E-state index contributed by atoms with van der Waals surface area (Å²) in [5.74, 6) is 0. The molecule has 0 spiro atoms. The zero-order valence-electron chi connectivity index (χ0n) is 10.5. The van der Waals surface area contributed by atoms with Crippen LogP contribution in [0.2, 0.25) is 0 Å². The maximum atomic E-state index is 12.3. The fraction of sp³-hybridized carbons (Fsp3) is 1.00. The molecule has 1 fully saturated rings. The van der Waals surface area contributed by atoms with Gasteiger partial charge in [0.15, 0.2) is 0 Å². The fourth-order valence-electron chi connectivity index (χ4n) is 1.85. The summed E-state index contributed by atoms with van der Waals surface area (Å²) in [7, 11) is -0.0990. The van der Waals surface area contributed by atoms with E-state index in [1.165, 1.54) is 4.31 Å². The van der Waals surface area contributed by atoms with Crippen molar-refractivity contribution in [3.8, 4) is 0 Å². The van der Waals surface area contributed by atoms with Gasteiger partial charge in [0.05, 0.1) is 18.5 Å². The third-order valence-corrected chi connectivity index (χ3v) is 5.22. The predicted molar refractivity (Wildman–Crippen MR) is 65.5 cm³/mol. The lowest BCUT2D eigenvalue weighted by molar-refractivity contribution is 0.150. The standard InChI is InChI=1S/C10H22N2O4S/c1-15-7-5-12(6-8-16-2)17(13,14)10-3-4-11-9-10/h10-11H,3-9H2,1-2H3. The Labute approximate surface area is 103 Å². The van der Waals surface area contributed by atoms with Crippen molar-refractivity contribution >= 4 is 10.0 Å². The normalized spacial score (nSPS) is 21.2. The Morgan fingerprint density at radius 2 is 1.82 bits per heavy atom. The summed E-state index contributed by atoms with van der Waals surface area (Å²) in [6, 6.07) is 0. The van der Waals surface area contributed by atoms with E-state index in [0.717, 1.165) is 6.54 Å². The Kier molecular flexibility index (Phi) is 6.35. The van der Waals surface area contributed by atoms with Crippen molar-refractivity contribution in [2.24, 2.45) is 0 Å². The van der Waals surface area contributed by atoms with Crippen molar-refractivity contribution < 1.29 is 17.9 Å². The van der Waals surface area contributed by atoms with Crippen molar-refractivity contribution in [2.45, 2.75) is 11.7 Å². The molecule has 1 heterocycles. The van der Waals surface area contributed by atoms with Gasteiger partial charge in [0.2, 0.25) is 10.0 Å². The summed E-state index contributed by atoms with van der Waals surface area (Å²) in [6.07, 6.45) is 0.679. The van der Waals surface area contributed by atoms with Gasteiger partial charge >= 0.3 is 0 Å². The number of nitrogens with zero attached hydrogens (tertiary/aromatic N) is 1. The highest BCUT2D eigenvalue weighted by molar-refractivity contribution is 7.89. The SMILES string of the molecule is COCCN(CCOC)S(=O)(=O)C1CCNC1. The smallest absolute Gasteiger partial charge is 0.218 e. The van der Waals surface area contributed by atoms with Gasteiger partial charge in [-0.2, -0.15) is 4.31 Å². The van der Waals surface area contributed by atoms with Crippen LogP contribution in [0.4, 0.5) is 0 Å². The zero-order valence-corrected chi connectivity index (χ0v) is 11.3. The van der Waals surface area contributed by atoms with Crippen LogP contribution in [0.25, 0.3) is 0 Å². The monoisotopic (exact) mass is 266 g/mol. The first-order chi connectivity index (χ1) is 8.12. The van der Waals surface area contributed by atoms with Gasteiger partial charge in [-0.3, -0.25) is 0 Å². The van der Waals surface area contributed by atoms with Crippen LogP contribution in [0, 0.1) is 0 Å². The second kappa shape index (κ2) is 7.27. The molecule has 0 amide bonds. The first-order valence-corrected chi connectivity index (χ1v) is 7.30. The molecule has 0 aromatic heterocycles. The summed E-state index contributed by atoms with van der Waals surface area (Å²) in [5.41, 5.74) is 0. The molecule has 1 atom stereocenters. The van der Waals surface area contributed by atoms with Crippen molar-refractivity contribution in [1.82, 2.24) is 9.62 Å². The van der Waals surface area contributed by atoms with E-state index in [9.17, 15) is 8.42 Å². The van der Waals surface area contributed by atoms with Gasteiger partial charge in [-0.25, -0.2) is 8.42 Å². The molecular formula is C10H22N2O4S. The van der Waals surface area contributed by atoms with E-state index >= 15 is 0 Å². The van der Waals surface area contributed by atoms with Gasteiger partial charge in [0, 0.05) is 33.9 Å². The minimum Gasteiger partial charge on any atom is -0.383 e. The van der Waals surface area contributed by atoms with Crippen LogP contribution in [0.3, 0.4) is 0 Å². The van der Waals surface area contributed by atoms with Gasteiger partial charge < -0.3 is 14.8 Å². The molecule has 6 nitrogen and oxygen atoms in total. The molecule has 102 valence electrons. The highest BCUT2D eigenvalue weighted by Crippen LogP contribution is 2.15. The summed E-state index contributed by atoms with van der Waals surface area (Å²) in [6.45, 7) is 2.90. The highest BCUT2D eigenvalue weighted by Gasteiger charge is 2.33. The molecule has 1 saturated heterocycles. The molecule has 0 aromatic carbocycles. The third-order valence-electron chi connectivity index (χ3n) is 2.89. The van der Waals surface area contributed by atoms with Crippen LogP contribution in [-0.4, -0.2) is 71.6 Å². The molecule has 1 aliphatic heterocycles. The zero-order chi connectivity index (χ0) is 12.7. The number of methoxy groups -OCH3 is 2. The molecule has 0 aliphatic carbocycles. The van der Waals surface area contributed by atoms with E-state index in [-0.39, 0.29) is 5.25 Å². The first-order valence-electron chi connectivity index (χ1n) is 5.80. The third kappa shape index (κ3) is 4.18. The van der Waals surface area contributed by atoms with Crippen LogP contribution in [0.5, 0.6) is 0 Å². The van der Waals surface area contributed by atoms with E-state index in [1.54, 1.807) is 14.2 Å². The molecule has 0 saturated carbocycles. The molecule has 1 unspecified atom stereocenters. The largest absolute Gasteiger partial charge is 0.383 e. The van der Waals surface area contributed by atoms with Crippen LogP contribution in [0.15, 0.2) is 0 Å². The molecule has 17 heavy (non-hydrogen) atoms. The molecule has 1 aliphatic rings. The quantitative estimate of drug-likeness (QED) is 0.627. The van der Waals surface area contributed by atoms with E-state index in [1.807, 2.05) is 0 Å². The van der Waals surface area contributed by atoms with Crippen LogP contribution < -0.4 is 5.32 Å². The number of nitrogens with one attached hydrogen (secondary N) is 1. The average molecular weight is 266 g/mol. The van der Waals surface area contributed by atoms with Gasteiger partial charge in [0.25, 0.3) is 0 Å². The number of ether oxygens (including phenoxy) is 2. The minimum absolute atomic E-state index is 0.309. The first kappa shape index (κ1) is 14.8. The van der Waals surface area contributed by atoms with Crippen LogP contribution >= 0.6 is 0 Å². The second-order valence-corrected chi connectivity index (χ2v) is 6.26. The molecular weight excluding hydrogens is 244 g/mol. The van der Waals surface area contributed by atoms with Crippen molar-refractivity contribution in [3.63, 3.8) is 0 Å². The molecule has 1 rings (SSSR count). The molecule has 1 N–H and O–H groups in total. The second-order valence-electron chi connectivity index (χ2n) is 4.04. The number of hydrogen-bond donors (Lipinski definition) is 1. The number of sulfonamides is 1.